The monoisotopic (exact) mass is 268 g/mol. The number of likely N-dealkylation sites (N-methyl/N-ethyl adjacent to an activating group) is 1. The van der Waals surface area contributed by atoms with Gasteiger partial charge in [-0.25, -0.2) is 0 Å². The molecule has 2 nitrogen and oxygen atoms in total. The SMILES string of the molecule is CCC(CC)N(C)C1(CN)CCCC(C(C)C)CC1. The number of hydrogen-bond donors (Lipinski definition) is 1. The van der Waals surface area contributed by atoms with E-state index in [1.165, 1.54) is 44.9 Å². The van der Waals surface area contributed by atoms with Gasteiger partial charge in [0.05, 0.1) is 0 Å². The summed E-state index contributed by atoms with van der Waals surface area (Å²) in [4.78, 5) is 2.63. The van der Waals surface area contributed by atoms with Gasteiger partial charge in [-0.2, -0.15) is 0 Å². The second kappa shape index (κ2) is 7.64. The van der Waals surface area contributed by atoms with Gasteiger partial charge in [0, 0.05) is 18.1 Å². The summed E-state index contributed by atoms with van der Waals surface area (Å²) < 4.78 is 0. The number of nitrogens with two attached hydrogens (primary N) is 1. The van der Waals surface area contributed by atoms with E-state index in [0.717, 1.165) is 18.4 Å². The molecule has 0 amide bonds. The molecular formula is C17H36N2. The summed E-state index contributed by atoms with van der Waals surface area (Å²) >= 11 is 0. The first kappa shape index (κ1) is 17.0. The van der Waals surface area contributed by atoms with Crippen molar-refractivity contribution in [2.24, 2.45) is 17.6 Å². The highest BCUT2D eigenvalue weighted by Crippen LogP contribution is 2.37. The fourth-order valence-corrected chi connectivity index (χ4v) is 4.01. The molecule has 2 N–H and O–H groups in total. The summed E-state index contributed by atoms with van der Waals surface area (Å²) in [6.07, 6.45) is 9.17. The van der Waals surface area contributed by atoms with Crippen molar-refractivity contribution >= 4 is 0 Å². The zero-order chi connectivity index (χ0) is 14.5. The van der Waals surface area contributed by atoms with Crippen molar-refractivity contribution < 1.29 is 0 Å². The molecule has 0 saturated heterocycles. The van der Waals surface area contributed by atoms with E-state index in [4.69, 9.17) is 5.73 Å². The second-order valence-corrected chi connectivity index (χ2v) is 6.94. The summed E-state index contributed by atoms with van der Waals surface area (Å²) in [6, 6.07) is 0.694. The predicted molar refractivity (Wildman–Crippen MR) is 85.3 cm³/mol. The van der Waals surface area contributed by atoms with E-state index in [1.807, 2.05) is 0 Å². The summed E-state index contributed by atoms with van der Waals surface area (Å²) in [5.41, 5.74) is 6.50. The lowest BCUT2D eigenvalue weighted by Gasteiger charge is -2.45. The first-order valence-corrected chi connectivity index (χ1v) is 8.43. The molecular weight excluding hydrogens is 232 g/mol. The number of rotatable bonds is 6. The first-order chi connectivity index (χ1) is 9.00. The molecule has 19 heavy (non-hydrogen) atoms. The lowest BCUT2D eigenvalue weighted by molar-refractivity contribution is 0.0568. The molecule has 2 heteroatoms. The van der Waals surface area contributed by atoms with E-state index in [0.29, 0.717) is 6.04 Å². The van der Waals surface area contributed by atoms with Crippen LogP contribution >= 0.6 is 0 Å². The Kier molecular flexibility index (Phi) is 6.82. The van der Waals surface area contributed by atoms with E-state index < -0.39 is 0 Å². The van der Waals surface area contributed by atoms with Crippen LogP contribution in [0.25, 0.3) is 0 Å². The summed E-state index contributed by atoms with van der Waals surface area (Å²) in [5.74, 6) is 1.73. The molecule has 0 aromatic rings. The molecule has 0 spiro atoms. The number of nitrogens with zero attached hydrogens (tertiary/aromatic N) is 1. The maximum atomic E-state index is 6.24. The first-order valence-electron chi connectivity index (χ1n) is 8.43. The third-order valence-electron chi connectivity index (χ3n) is 5.76. The highest BCUT2D eigenvalue weighted by atomic mass is 15.2. The van der Waals surface area contributed by atoms with Gasteiger partial charge in [0.1, 0.15) is 0 Å². The highest BCUT2D eigenvalue weighted by Gasteiger charge is 2.38. The summed E-state index contributed by atoms with van der Waals surface area (Å²) in [7, 11) is 2.32. The van der Waals surface area contributed by atoms with Crippen LogP contribution in [0.5, 0.6) is 0 Å². The van der Waals surface area contributed by atoms with E-state index in [9.17, 15) is 0 Å². The molecule has 0 bridgehead atoms. The number of hydrogen-bond acceptors (Lipinski definition) is 2. The zero-order valence-corrected chi connectivity index (χ0v) is 13.9. The Bertz CT molecular complexity index is 248. The Morgan fingerprint density at radius 3 is 2.26 bits per heavy atom. The van der Waals surface area contributed by atoms with Crippen LogP contribution < -0.4 is 5.73 Å². The van der Waals surface area contributed by atoms with Crippen molar-refractivity contribution in [2.45, 2.75) is 84.2 Å². The minimum Gasteiger partial charge on any atom is -0.329 e. The van der Waals surface area contributed by atoms with Gasteiger partial charge >= 0.3 is 0 Å². The Hall–Kier alpha value is -0.0800. The van der Waals surface area contributed by atoms with E-state index >= 15 is 0 Å². The Labute approximate surface area is 121 Å². The summed E-state index contributed by atoms with van der Waals surface area (Å²) in [5, 5.41) is 0. The maximum absolute atomic E-state index is 6.24. The summed E-state index contributed by atoms with van der Waals surface area (Å²) in [6.45, 7) is 10.2. The van der Waals surface area contributed by atoms with E-state index in [-0.39, 0.29) is 5.54 Å². The zero-order valence-electron chi connectivity index (χ0n) is 13.9. The van der Waals surface area contributed by atoms with Gasteiger partial charge in [-0.1, -0.05) is 40.5 Å². The van der Waals surface area contributed by atoms with Crippen molar-refractivity contribution in [1.82, 2.24) is 4.90 Å². The fraction of sp³-hybridized carbons (Fsp3) is 1.00. The van der Waals surface area contributed by atoms with Crippen molar-refractivity contribution in [1.29, 1.82) is 0 Å². The highest BCUT2D eigenvalue weighted by molar-refractivity contribution is 4.95. The van der Waals surface area contributed by atoms with Crippen LogP contribution in [0.3, 0.4) is 0 Å². The molecule has 114 valence electrons. The molecule has 1 rings (SSSR count). The lowest BCUT2D eigenvalue weighted by atomic mass is 9.84. The third-order valence-corrected chi connectivity index (χ3v) is 5.76. The van der Waals surface area contributed by atoms with Crippen molar-refractivity contribution in [3.05, 3.63) is 0 Å². The van der Waals surface area contributed by atoms with E-state index in [2.05, 4.69) is 39.6 Å². The van der Waals surface area contributed by atoms with Crippen LogP contribution in [-0.2, 0) is 0 Å². The minimum absolute atomic E-state index is 0.264. The molecule has 0 aromatic carbocycles. The lowest BCUT2D eigenvalue weighted by Crippen LogP contribution is -2.55. The molecule has 1 aliphatic rings. The van der Waals surface area contributed by atoms with Crippen LogP contribution in [0.1, 0.15) is 72.6 Å². The normalized spacial score (nSPS) is 29.2. The average molecular weight is 268 g/mol. The second-order valence-electron chi connectivity index (χ2n) is 6.94. The van der Waals surface area contributed by atoms with Crippen molar-refractivity contribution in [3.8, 4) is 0 Å². The van der Waals surface area contributed by atoms with Gasteiger partial charge in [0.25, 0.3) is 0 Å². The Morgan fingerprint density at radius 1 is 1.16 bits per heavy atom. The largest absolute Gasteiger partial charge is 0.329 e. The van der Waals surface area contributed by atoms with E-state index in [1.54, 1.807) is 0 Å². The van der Waals surface area contributed by atoms with Crippen LogP contribution in [0, 0.1) is 11.8 Å². The van der Waals surface area contributed by atoms with Gasteiger partial charge < -0.3 is 5.73 Å². The molecule has 0 aliphatic heterocycles. The van der Waals surface area contributed by atoms with Crippen molar-refractivity contribution in [3.63, 3.8) is 0 Å². The molecule has 0 radical (unpaired) electrons. The van der Waals surface area contributed by atoms with Crippen LogP contribution in [0.15, 0.2) is 0 Å². The van der Waals surface area contributed by atoms with Crippen LogP contribution in [0.4, 0.5) is 0 Å². The van der Waals surface area contributed by atoms with Gasteiger partial charge in [-0.15, -0.1) is 0 Å². The van der Waals surface area contributed by atoms with Crippen molar-refractivity contribution in [2.75, 3.05) is 13.6 Å². The minimum atomic E-state index is 0.264. The van der Waals surface area contributed by atoms with Gasteiger partial charge in [0.2, 0.25) is 0 Å². The molecule has 2 unspecified atom stereocenters. The molecule has 0 aromatic heterocycles. The van der Waals surface area contributed by atoms with Gasteiger partial charge in [-0.05, 0) is 51.0 Å². The molecule has 1 fully saturated rings. The average Bonchev–Trinajstić information content (AvgIpc) is 2.63. The smallest absolute Gasteiger partial charge is 0.0331 e. The van der Waals surface area contributed by atoms with Gasteiger partial charge in [0.15, 0.2) is 0 Å². The standard InChI is InChI=1S/C17H36N2/c1-6-16(7-2)19(5)17(13-18)11-8-9-15(10-12-17)14(3)4/h14-16H,6-13,18H2,1-5H3. The topological polar surface area (TPSA) is 29.3 Å². The van der Waals surface area contributed by atoms with Gasteiger partial charge in [-0.3, -0.25) is 4.90 Å². The molecule has 0 heterocycles. The Balaban J connectivity index is 2.79. The fourth-order valence-electron chi connectivity index (χ4n) is 4.01. The quantitative estimate of drug-likeness (QED) is 0.737. The third kappa shape index (κ3) is 3.95. The molecule has 1 aliphatic carbocycles. The maximum Gasteiger partial charge on any atom is 0.0331 e. The predicted octanol–water partition coefficient (Wildman–Crippen LogP) is 4.04. The Morgan fingerprint density at radius 2 is 1.79 bits per heavy atom. The molecule has 1 saturated carbocycles. The van der Waals surface area contributed by atoms with Crippen LogP contribution in [0.2, 0.25) is 0 Å². The molecule has 2 atom stereocenters. The van der Waals surface area contributed by atoms with Crippen LogP contribution in [-0.4, -0.2) is 30.1 Å².